The van der Waals surface area contributed by atoms with Crippen molar-refractivity contribution in [2.45, 2.75) is 44.2 Å². The van der Waals surface area contributed by atoms with Gasteiger partial charge in [-0.05, 0) is 19.3 Å². The smallest absolute Gasteiger partial charge is 0.0477 e. The fourth-order valence-electron chi connectivity index (χ4n) is 1.82. The van der Waals surface area contributed by atoms with Gasteiger partial charge in [0.05, 0.1) is 0 Å². The monoisotopic (exact) mass is 186 g/mol. The summed E-state index contributed by atoms with van der Waals surface area (Å²) in [6.07, 6.45) is 6.38. The summed E-state index contributed by atoms with van der Waals surface area (Å²) in [6.45, 7) is 1.71. The highest BCUT2D eigenvalue weighted by Crippen LogP contribution is 2.17. The van der Waals surface area contributed by atoms with Gasteiger partial charge in [0.25, 0.3) is 0 Å². The summed E-state index contributed by atoms with van der Waals surface area (Å²) in [4.78, 5) is 0. The zero-order chi connectivity index (χ0) is 9.52. The third-order valence-electron chi connectivity index (χ3n) is 2.72. The molecule has 1 aliphatic rings. The largest absolute Gasteiger partial charge is 0.385 e. The molecule has 1 saturated carbocycles. The number of hydrogen-bond acceptors (Lipinski definition) is 3. The molecule has 0 saturated heterocycles. The van der Waals surface area contributed by atoms with E-state index in [1.807, 2.05) is 0 Å². The first-order valence-electron chi connectivity index (χ1n) is 5.31. The summed E-state index contributed by atoms with van der Waals surface area (Å²) in [7, 11) is 1.72. The van der Waals surface area contributed by atoms with Crippen LogP contribution in [-0.4, -0.2) is 32.3 Å². The molecule has 0 heterocycles. The van der Waals surface area contributed by atoms with E-state index in [0.29, 0.717) is 0 Å². The minimum Gasteiger partial charge on any atom is -0.385 e. The van der Waals surface area contributed by atoms with Crippen LogP contribution in [0.5, 0.6) is 0 Å². The second kappa shape index (κ2) is 6.35. The van der Waals surface area contributed by atoms with Gasteiger partial charge in [-0.2, -0.15) is 0 Å². The molecule has 0 spiro atoms. The van der Waals surface area contributed by atoms with E-state index >= 15 is 0 Å². The van der Waals surface area contributed by atoms with Crippen molar-refractivity contribution in [1.82, 2.24) is 5.32 Å². The second-order valence-corrected chi connectivity index (χ2v) is 3.93. The van der Waals surface area contributed by atoms with Crippen molar-refractivity contribution in [1.29, 1.82) is 0 Å². The van der Waals surface area contributed by atoms with E-state index in [1.54, 1.807) is 7.11 Å². The van der Waals surface area contributed by atoms with Gasteiger partial charge in [-0.1, -0.05) is 12.8 Å². The first kappa shape index (κ1) is 11.0. The Hall–Kier alpha value is -0.120. The Morgan fingerprint density at radius 2 is 2.15 bits per heavy atom. The minimum atomic E-state index is 0.251. The molecule has 0 bridgehead atoms. The first-order valence-corrected chi connectivity index (χ1v) is 5.31. The SMILES string of the molecule is COCCC(N)CNC1CCCC1. The molecule has 0 aromatic heterocycles. The van der Waals surface area contributed by atoms with Gasteiger partial charge in [0.1, 0.15) is 0 Å². The Morgan fingerprint density at radius 3 is 2.77 bits per heavy atom. The molecule has 0 radical (unpaired) electrons. The fraction of sp³-hybridized carbons (Fsp3) is 1.00. The topological polar surface area (TPSA) is 47.3 Å². The molecule has 3 heteroatoms. The Morgan fingerprint density at radius 1 is 1.46 bits per heavy atom. The van der Waals surface area contributed by atoms with Gasteiger partial charge in [0.2, 0.25) is 0 Å². The van der Waals surface area contributed by atoms with E-state index in [0.717, 1.165) is 25.6 Å². The van der Waals surface area contributed by atoms with Crippen LogP contribution >= 0.6 is 0 Å². The van der Waals surface area contributed by atoms with Gasteiger partial charge >= 0.3 is 0 Å². The van der Waals surface area contributed by atoms with Crippen LogP contribution in [0.2, 0.25) is 0 Å². The number of nitrogens with two attached hydrogens (primary N) is 1. The van der Waals surface area contributed by atoms with Crippen molar-refractivity contribution in [2.75, 3.05) is 20.3 Å². The van der Waals surface area contributed by atoms with Crippen LogP contribution in [-0.2, 0) is 4.74 Å². The van der Waals surface area contributed by atoms with Crippen molar-refractivity contribution < 1.29 is 4.74 Å². The predicted octanol–water partition coefficient (Wildman–Crippen LogP) is 0.882. The molecule has 1 unspecified atom stereocenters. The van der Waals surface area contributed by atoms with Crippen LogP contribution in [0.1, 0.15) is 32.1 Å². The minimum absolute atomic E-state index is 0.251. The predicted molar refractivity (Wildman–Crippen MR) is 54.7 cm³/mol. The third kappa shape index (κ3) is 4.60. The second-order valence-electron chi connectivity index (χ2n) is 3.93. The van der Waals surface area contributed by atoms with Crippen LogP contribution in [0.25, 0.3) is 0 Å². The van der Waals surface area contributed by atoms with Crippen molar-refractivity contribution in [3.8, 4) is 0 Å². The number of rotatable bonds is 6. The number of nitrogens with one attached hydrogen (secondary N) is 1. The highest BCUT2D eigenvalue weighted by atomic mass is 16.5. The van der Waals surface area contributed by atoms with E-state index in [-0.39, 0.29) is 6.04 Å². The fourth-order valence-corrected chi connectivity index (χ4v) is 1.82. The van der Waals surface area contributed by atoms with E-state index in [2.05, 4.69) is 5.32 Å². The summed E-state index contributed by atoms with van der Waals surface area (Å²) < 4.78 is 4.98. The standard InChI is InChI=1S/C10H22N2O/c1-13-7-6-9(11)8-12-10-4-2-3-5-10/h9-10,12H,2-8,11H2,1H3. The highest BCUT2D eigenvalue weighted by molar-refractivity contribution is 4.76. The summed E-state index contributed by atoms with van der Waals surface area (Å²) >= 11 is 0. The lowest BCUT2D eigenvalue weighted by molar-refractivity contribution is 0.187. The van der Waals surface area contributed by atoms with Gasteiger partial charge in [0.15, 0.2) is 0 Å². The number of ether oxygens (including phenoxy) is 1. The highest BCUT2D eigenvalue weighted by Gasteiger charge is 2.14. The molecule has 1 rings (SSSR count). The van der Waals surface area contributed by atoms with Crippen LogP contribution in [0.15, 0.2) is 0 Å². The summed E-state index contributed by atoms with van der Waals surface area (Å²) in [5.41, 5.74) is 5.90. The van der Waals surface area contributed by atoms with Crippen molar-refractivity contribution >= 4 is 0 Å². The Balaban J connectivity index is 1.97. The summed E-state index contributed by atoms with van der Waals surface area (Å²) in [5, 5.41) is 3.51. The average Bonchev–Trinajstić information content (AvgIpc) is 2.64. The van der Waals surface area contributed by atoms with Gasteiger partial charge in [-0.15, -0.1) is 0 Å². The lowest BCUT2D eigenvalue weighted by atomic mass is 10.2. The van der Waals surface area contributed by atoms with Gasteiger partial charge in [0, 0.05) is 32.3 Å². The lowest BCUT2D eigenvalue weighted by Crippen LogP contribution is -2.39. The van der Waals surface area contributed by atoms with Crippen molar-refractivity contribution in [3.63, 3.8) is 0 Å². The maximum absolute atomic E-state index is 5.90. The maximum atomic E-state index is 5.90. The zero-order valence-electron chi connectivity index (χ0n) is 8.59. The quantitative estimate of drug-likeness (QED) is 0.647. The van der Waals surface area contributed by atoms with Crippen LogP contribution < -0.4 is 11.1 Å². The summed E-state index contributed by atoms with van der Waals surface area (Å²) in [6, 6.07) is 0.981. The first-order chi connectivity index (χ1) is 6.33. The average molecular weight is 186 g/mol. The van der Waals surface area contributed by atoms with Crippen LogP contribution in [0.3, 0.4) is 0 Å². The van der Waals surface area contributed by atoms with Gasteiger partial charge in [-0.25, -0.2) is 0 Å². The van der Waals surface area contributed by atoms with Gasteiger partial charge < -0.3 is 15.8 Å². The molecule has 0 aliphatic heterocycles. The molecule has 0 amide bonds. The molecular formula is C10H22N2O. The molecule has 1 aliphatic carbocycles. The Kier molecular flexibility index (Phi) is 5.35. The molecule has 3 nitrogen and oxygen atoms in total. The van der Waals surface area contributed by atoms with Crippen molar-refractivity contribution in [3.05, 3.63) is 0 Å². The molecule has 78 valence electrons. The third-order valence-corrected chi connectivity index (χ3v) is 2.72. The molecule has 0 aromatic carbocycles. The normalized spacial score (nSPS) is 20.8. The zero-order valence-corrected chi connectivity index (χ0v) is 8.59. The molecule has 0 aromatic rings. The van der Waals surface area contributed by atoms with Gasteiger partial charge in [-0.3, -0.25) is 0 Å². The molecule has 13 heavy (non-hydrogen) atoms. The Labute approximate surface area is 81.0 Å². The molecule has 1 atom stereocenters. The van der Waals surface area contributed by atoms with E-state index in [4.69, 9.17) is 10.5 Å². The number of hydrogen-bond donors (Lipinski definition) is 2. The number of methoxy groups -OCH3 is 1. The van der Waals surface area contributed by atoms with Crippen LogP contribution in [0.4, 0.5) is 0 Å². The lowest BCUT2D eigenvalue weighted by Gasteiger charge is -2.16. The molecular weight excluding hydrogens is 164 g/mol. The van der Waals surface area contributed by atoms with Crippen molar-refractivity contribution in [2.24, 2.45) is 5.73 Å². The Bertz CT molecular complexity index is 124. The van der Waals surface area contributed by atoms with E-state index in [9.17, 15) is 0 Å². The summed E-state index contributed by atoms with van der Waals surface area (Å²) in [5.74, 6) is 0. The molecule has 1 fully saturated rings. The maximum Gasteiger partial charge on any atom is 0.0477 e. The molecule has 3 N–H and O–H groups in total. The van der Waals surface area contributed by atoms with Crippen LogP contribution in [0, 0.1) is 0 Å². The van der Waals surface area contributed by atoms with E-state index < -0.39 is 0 Å². The van der Waals surface area contributed by atoms with E-state index in [1.165, 1.54) is 25.7 Å².